The van der Waals surface area contributed by atoms with Crippen LogP contribution < -0.4 is 10.6 Å². The summed E-state index contributed by atoms with van der Waals surface area (Å²) in [6.45, 7) is 9.40. The first-order chi connectivity index (χ1) is 18.3. The molecule has 2 atom stereocenters. The van der Waals surface area contributed by atoms with E-state index in [0.29, 0.717) is 24.6 Å². The molecular formula is C30H33N5O2S. The molecule has 7 nitrogen and oxygen atoms in total. The summed E-state index contributed by atoms with van der Waals surface area (Å²) in [5, 5.41) is 7.20. The minimum Gasteiger partial charge on any atom is -0.467 e. The maximum atomic E-state index is 13.0. The molecule has 38 heavy (non-hydrogen) atoms. The molecule has 5 rings (SSSR count). The van der Waals surface area contributed by atoms with Gasteiger partial charge in [0, 0.05) is 36.2 Å². The number of benzene rings is 1. The van der Waals surface area contributed by atoms with Gasteiger partial charge in [-0.05, 0) is 93.0 Å². The molecule has 4 aromatic rings. The largest absolute Gasteiger partial charge is 0.467 e. The summed E-state index contributed by atoms with van der Waals surface area (Å²) < 4.78 is 7.88. The van der Waals surface area contributed by atoms with Crippen molar-refractivity contribution in [2.24, 2.45) is 0 Å². The van der Waals surface area contributed by atoms with Crippen molar-refractivity contribution in [2.45, 2.75) is 52.7 Å². The lowest BCUT2D eigenvalue weighted by Gasteiger charge is -2.28. The summed E-state index contributed by atoms with van der Waals surface area (Å²) in [5.41, 5.74) is 7.35. The van der Waals surface area contributed by atoms with E-state index >= 15 is 0 Å². The zero-order valence-corrected chi connectivity index (χ0v) is 23.0. The summed E-state index contributed by atoms with van der Waals surface area (Å²) >= 11 is 5.82. The second-order valence-corrected chi connectivity index (χ2v) is 10.3. The van der Waals surface area contributed by atoms with E-state index in [9.17, 15) is 4.79 Å². The Hall–Kier alpha value is -3.91. The highest BCUT2D eigenvalue weighted by molar-refractivity contribution is 7.80. The Labute approximate surface area is 228 Å². The number of furan rings is 1. The number of amides is 1. The number of nitrogens with one attached hydrogen (secondary N) is 2. The van der Waals surface area contributed by atoms with Gasteiger partial charge in [0.25, 0.3) is 0 Å². The molecule has 0 radical (unpaired) electrons. The van der Waals surface area contributed by atoms with Crippen molar-refractivity contribution in [2.75, 3.05) is 11.9 Å². The van der Waals surface area contributed by atoms with Gasteiger partial charge in [-0.25, -0.2) is 0 Å². The van der Waals surface area contributed by atoms with Crippen LogP contribution >= 0.6 is 12.2 Å². The number of anilines is 1. The van der Waals surface area contributed by atoms with Crippen molar-refractivity contribution in [1.29, 1.82) is 0 Å². The molecule has 0 saturated carbocycles. The number of nitrogens with zero attached hydrogens (tertiary/aromatic N) is 3. The number of rotatable bonds is 8. The van der Waals surface area contributed by atoms with Gasteiger partial charge in [-0.3, -0.25) is 9.78 Å². The standard InChI is InChI=1S/C30H33N5O2S/c1-19-10-11-20(2)26(16-19)32-27(36)12-14-34-29(28(33-30(34)38)25-9-5-6-13-31-25)24-17-21(3)35(22(24)4)18-23-8-7-15-37-23/h5-11,13,15-17,28-29H,12,14,18H2,1-4H3,(H,32,36)(H,33,38)/t28-,29-/m0/s1. The molecule has 0 aliphatic carbocycles. The molecule has 1 aromatic carbocycles. The first-order valence-corrected chi connectivity index (χ1v) is 13.3. The molecule has 2 N–H and O–H groups in total. The van der Waals surface area contributed by atoms with Gasteiger partial charge in [0.05, 0.1) is 30.6 Å². The molecule has 0 bridgehead atoms. The number of thiocarbonyl (C=S) groups is 1. The normalized spacial score (nSPS) is 17.1. The summed E-state index contributed by atoms with van der Waals surface area (Å²) in [5.74, 6) is 0.865. The Bertz CT molecular complexity index is 1450. The van der Waals surface area contributed by atoms with E-state index in [4.69, 9.17) is 16.6 Å². The highest BCUT2D eigenvalue weighted by Gasteiger charge is 2.41. The van der Waals surface area contributed by atoms with Crippen LogP contribution in [0.25, 0.3) is 0 Å². The van der Waals surface area contributed by atoms with Crippen LogP contribution in [0.2, 0.25) is 0 Å². The number of pyridine rings is 1. The van der Waals surface area contributed by atoms with Gasteiger partial charge < -0.3 is 24.5 Å². The predicted molar refractivity (Wildman–Crippen MR) is 153 cm³/mol. The fourth-order valence-electron chi connectivity index (χ4n) is 5.22. The lowest BCUT2D eigenvalue weighted by atomic mass is 9.96. The Kier molecular flexibility index (Phi) is 7.33. The van der Waals surface area contributed by atoms with Crippen molar-refractivity contribution >= 4 is 28.9 Å². The third kappa shape index (κ3) is 5.22. The van der Waals surface area contributed by atoms with Crippen molar-refractivity contribution < 1.29 is 9.21 Å². The first-order valence-electron chi connectivity index (χ1n) is 12.9. The number of hydrogen-bond acceptors (Lipinski definition) is 4. The van der Waals surface area contributed by atoms with E-state index in [1.807, 2.05) is 62.4 Å². The summed E-state index contributed by atoms with van der Waals surface area (Å²) in [7, 11) is 0. The molecule has 1 fully saturated rings. The lowest BCUT2D eigenvalue weighted by molar-refractivity contribution is -0.116. The smallest absolute Gasteiger partial charge is 0.226 e. The van der Waals surface area contributed by atoms with Gasteiger partial charge in [0.1, 0.15) is 5.76 Å². The van der Waals surface area contributed by atoms with Crippen LogP contribution in [0.4, 0.5) is 5.69 Å². The summed E-state index contributed by atoms with van der Waals surface area (Å²) in [6, 6.07) is 17.9. The van der Waals surface area contributed by atoms with Crippen LogP contribution in [0, 0.1) is 27.7 Å². The van der Waals surface area contributed by atoms with E-state index < -0.39 is 0 Å². The average molecular weight is 528 g/mol. The zero-order chi connectivity index (χ0) is 26.8. The minimum atomic E-state index is -0.136. The number of carbonyl (C=O) groups excluding carboxylic acids is 1. The van der Waals surface area contributed by atoms with Crippen molar-refractivity contribution in [3.05, 3.63) is 107 Å². The topological polar surface area (TPSA) is 75.3 Å². The Balaban J connectivity index is 1.43. The van der Waals surface area contributed by atoms with E-state index in [2.05, 4.69) is 45.0 Å². The van der Waals surface area contributed by atoms with Crippen LogP contribution in [-0.4, -0.2) is 32.0 Å². The third-order valence-electron chi connectivity index (χ3n) is 7.27. The maximum absolute atomic E-state index is 13.0. The van der Waals surface area contributed by atoms with E-state index in [0.717, 1.165) is 45.2 Å². The van der Waals surface area contributed by atoms with Crippen molar-refractivity contribution in [3.8, 4) is 0 Å². The van der Waals surface area contributed by atoms with Gasteiger partial charge in [0.15, 0.2) is 5.11 Å². The van der Waals surface area contributed by atoms with Crippen LogP contribution in [0.15, 0.2) is 71.5 Å². The molecule has 1 aliphatic heterocycles. The average Bonchev–Trinajstić information content (AvgIpc) is 3.60. The van der Waals surface area contributed by atoms with Gasteiger partial charge in [0.2, 0.25) is 5.91 Å². The second-order valence-electron chi connectivity index (χ2n) is 9.93. The molecule has 1 aliphatic rings. The quantitative estimate of drug-likeness (QED) is 0.284. The number of carbonyl (C=O) groups is 1. The summed E-state index contributed by atoms with van der Waals surface area (Å²) in [6.07, 6.45) is 3.81. The lowest BCUT2D eigenvalue weighted by Crippen LogP contribution is -2.33. The molecule has 1 saturated heterocycles. The molecule has 196 valence electrons. The van der Waals surface area contributed by atoms with Gasteiger partial charge in [-0.1, -0.05) is 18.2 Å². The molecular weight excluding hydrogens is 494 g/mol. The first kappa shape index (κ1) is 25.7. The highest BCUT2D eigenvalue weighted by Crippen LogP contribution is 2.41. The van der Waals surface area contributed by atoms with Crippen LogP contribution in [0.1, 0.15) is 58.0 Å². The fourth-order valence-corrected chi connectivity index (χ4v) is 5.55. The molecule has 0 spiro atoms. The molecule has 3 aromatic heterocycles. The Morgan fingerprint density at radius 1 is 1.11 bits per heavy atom. The summed E-state index contributed by atoms with van der Waals surface area (Å²) in [4.78, 5) is 19.8. The monoisotopic (exact) mass is 527 g/mol. The van der Waals surface area contributed by atoms with Crippen LogP contribution in [0.3, 0.4) is 0 Å². The maximum Gasteiger partial charge on any atom is 0.226 e. The second kappa shape index (κ2) is 10.8. The Morgan fingerprint density at radius 3 is 2.68 bits per heavy atom. The van der Waals surface area contributed by atoms with Crippen molar-refractivity contribution in [1.82, 2.24) is 19.8 Å². The zero-order valence-electron chi connectivity index (χ0n) is 22.2. The van der Waals surface area contributed by atoms with Gasteiger partial charge in [-0.15, -0.1) is 0 Å². The van der Waals surface area contributed by atoms with Crippen LogP contribution in [0.5, 0.6) is 0 Å². The van der Waals surface area contributed by atoms with Gasteiger partial charge >= 0.3 is 0 Å². The SMILES string of the molecule is Cc1ccc(C)c(NC(=O)CCN2C(=S)N[C@@H](c3ccccn3)[C@@H]2c2cc(C)n(Cc3ccco3)c2C)c1. The van der Waals surface area contributed by atoms with Crippen LogP contribution in [-0.2, 0) is 11.3 Å². The minimum absolute atomic E-state index is 0.0372. The van der Waals surface area contributed by atoms with E-state index in [1.165, 1.54) is 0 Å². The van der Waals surface area contributed by atoms with E-state index in [-0.39, 0.29) is 18.0 Å². The Morgan fingerprint density at radius 2 is 1.95 bits per heavy atom. The number of hydrogen-bond donors (Lipinski definition) is 2. The highest BCUT2D eigenvalue weighted by atomic mass is 32.1. The predicted octanol–water partition coefficient (Wildman–Crippen LogP) is 5.76. The number of aryl methyl sites for hydroxylation is 3. The molecule has 0 unspecified atom stereocenters. The van der Waals surface area contributed by atoms with E-state index in [1.54, 1.807) is 12.5 Å². The molecule has 1 amide bonds. The molecule has 4 heterocycles. The molecule has 8 heteroatoms. The third-order valence-corrected chi connectivity index (χ3v) is 7.62. The van der Waals surface area contributed by atoms with Crippen molar-refractivity contribution in [3.63, 3.8) is 0 Å². The number of aromatic nitrogens is 2. The fraction of sp³-hybridized carbons (Fsp3) is 0.300. The van der Waals surface area contributed by atoms with Gasteiger partial charge in [-0.2, -0.15) is 0 Å².